The molecule has 2 aromatic carbocycles. The zero-order chi connectivity index (χ0) is 51.0. The van der Waals surface area contributed by atoms with E-state index in [-0.39, 0.29) is 92.6 Å². The minimum absolute atomic E-state index is 0.00193. The minimum Gasteiger partial charge on any atom is -0.508 e. The summed E-state index contributed by atoms with van der Waals surface area (Å²) in [5.41, 5.74) is 11.8. The maximum atomic E-state index is 12.7. The molecule has 25 nitrogen and oxygen atoms in total. The van der Waals surface area contributed by atoms with Gasteiger partial charge in [-0.25, -0.2) is 14.6 Å². The number of ether oxygens (including phenoxy) is 6. The van der Waals surface area contributed by atoms with Crippen LogP contribution >= 0.6 is 19.8 Å². The molecule has 380 valence electrons. The number of carbonyl (C=O) groups excluding carboxylic acids is 2. The number of benzene rings is 3. The van der Waals surface area contributed by atoms with Crippen LogP contribution in [0.25, 0.3) is 33.4 Å². The SMILES string of the molecule is CC(=O)N[C@H]1C([C@@H](OC(=O)NCCOCCOCCOCCOCCNC(=S)Nc2ccc(-c3c4ccc(=O)cc-4oc4cc(O)ccc34)c(C(=O)O)c2)[C@H](O)CO)OC(P(=O)(O)O)=C[C@@H]1N=C(N)N. The number of aromatic hydroxyl groups is 1. The zero-order valence-corrected chi connectivity index (χ0v) is 39.2. The van der Waals surface area contributed by atoms with Gasteiger partial charge in [0.25, 0.3) is 0 Å². The molecule has 70 heavy (non-hydrogen) atoms. The Kier molecular flexibility index (Phi) is 20.2. The van der Waals surface area contributed by atoms with Gasteiger partial charge in [0, 0.05) is 54.3 Å². The van der Waals surface area contributed by atoms with E-state index in [4.69, 9.17) is 56.5 Å². The molecule has 0 radical (unpaired) electrons. The number of hydrogen-bond acceptors (Lipinski definition) is 17. The van der Waals surface area contributed by atoms with Crippen molar-refractivity contribution in [2.75, 3.05) is 77.9 Å². The topological polar surface area (TPSA) is 388 Å². The molecule has 27 heteroatoms. The van der Waals surface area contributed by atoms with Crippen molar-refractivity contribution in [3.05, 3.63) is 82.0 Å². The number of alkyl carbamates (subject to hydrolysis) is 1. The van der Waals surface area contributed by atoms with E-state index >= 15 is 0 Å². The number of carbonyl (C=O) groups is 3. The van der Waals surface area contributed by atoms with Crippen LogP contribution in [0, 0.1) is 0 Å². The normalized spacial score (nSPS) is 16.6. The summed E-state index contributed by atoms with van der Waals surface area (Å²) in [5, 5.41) is 52.1. The first kappa shape index (κ1) is 54.5. The molecule has 2 amide bonds. The molecular formula is C43H54N7O18PS. The molecule has 2 heterocycles. The van der Waals surface area contributed by atoms with Crippen LogP contribution in [0.4, 0.5) is 10.5 Å². The minimum atomic E-state index is -5.10. The van der Waals surface area contributed by atoms with E-state index in [0.29, 0.717) is 34.3 Å². The smallest absolute Gasteiger partial charge is 0.407 e. The predicted molar refractivity (Wildman–Crippen MR) is 254 cm³/mol. The molecule has 0 fully saturated rings. The first-order chi connectivity index (χ1) is 33.4. The Labute approximate surface area is 404 Å². The summed E-state index contributed by atoms with van der Waals surface area (Å²) in [6.45, 7) is 2.10. The number of fused-ring (bicyclic) bond motifs is 2. The summed E-state index contributed by atoms with van der Waals surface area (Å²) < 4.78 is 50.7. The third kappa shape index (κ3) is 15.8. The van der Waals surface area contributed by atoms with Gasteiger partial charge in [0.1, 0.15) is 23.2 Å². The fourth-order valence-corrected chi connectivity index (χ4v) is 7.85. The molecule has 5 rings (SSSR count). The molecule has 3 aliphatic rings. The largest absolute Gasteiger partial charge is 0.508 e. The highest BCUT2D eigenvalue weighted by Crippen LogP contribution is 2.49. The highest BCUT2D eigenvalue weighted by atomic mass is 32.1. The van der Waals surface area contributed by atoms with Crippen molar-refractivity contribution in [2.45, 2.75) is 37.3 Å². The van der Waals surface area contributed by atoms with E-state index in [1.54, 1.807) is 24.3 Å². The van der Waals surface area contributed by atoms with Crippen LogP contribution in [0.3, 0.4) is 0 Å². The third-order valence-electron chi connectivity index (χ3n) is 10.00. The third-order valence-corrected chi connectivity index (χ3v) is 11.1. The number of nitrogens with two attached hydrogens (primary N) is 2. The van der Waals surface area contributed by atoms with Crippen LogP contribution in [0.1, 0.15) is 17.3 Å². The number of guanidine groups is 1. The van der Waals surface area contributed by atoms with E-state index in [1.807, 2.05) is 0 Å². The summed E-state index contributed by atoms with van der Waals surface area (Å²) >= 11 is 5.40. The predicted octanol–water partition coefficient (Wildman–Crippen LogP) is 0.334. The number of aliphatic hydroxyl groups excluding tert-OH is 2. The first-order valence-electron chi connectivity index (χ1n) is 21.3. The second-order valence-corrected chi connectivity index (χ2v) is 17.1. The van der Waals surface area contributed by atoms with Gasteiger partial charge < -0.3 is 95.8 Å². The molecule has 1 unspecified atom stereocenters. The van der Waals surface area contributed by atoms with Crippen molar-refractivity contribution >= 4 is 65.5 Å². The summed E-state index contributed by atoms with van der Waals surface area (Å²) in [6.07, 6.45) is -5.57. The number of carboxylic acids is 1. The molecule has 0 saturated carbocycles. The second kappa shape index (κ2) is 26.0. The van der Waals surface area contributed by atoms with Crippen molar-refractivity contribution in [3.8, 4) is 28.2 Å². The van der Waals surface area contributed by atoms with E-state index in [2.05, 4.69) is 26.3 Å². The molecular weight excluding hydrogens is 966 g/mol. The molecule has 1 aliphatic carbocycles. The number of nitrogens with zero attached hydrogens (tertiary/aromatic N) is 1. The number of phenolic OH excluding ortho intramolecular Hbond substituents is 1. The maximum absolute atomic E-state index is 12.7. The summed E-state index contributed by atoms with van der Waals surface area (Å²) in [5.74, 6) is -2.18. The Morgan fingerprint density at radius 3 is 2.11 bits per heavy atom. The van der Waals surface area contributed by atoms with E-state index in [0.717, 1.165) is 13.0 Å². The van der Waals surface area contributed by atoms with Gasteiger partial charge >= 0.3 is 19.7 Å². The maximum Gasteiger partial charge on any atom is 0.407 e. The Hall–Kier alpha value is -6.45. The van der Waals surface area contributed by atoms with Crippen molar-refractivity contribution < 1.29 is 82.0 Å². The monoisotopic (exact) mass is 1020 g/mol. The Morgan fingerprint density at radius 1 is 0.886 bits per heavy atom. The standard InChI is InChI=1S/C43H54N7O18PS/c1-23(52)48-37-31(50-41(44)45)21-35(69(59,60)61)67-39(37)38(32(55)22-51)68-43(58)47-9-11-63-13-15-65-17-16-64-14-12-62-10-8-46-42(70)49-24-2-5-27(30(18-24)40(56)57)36-28-6-3-25(53)19-33(28)66-34-20-26(54)4-7-29(34)36/h2-7,18-21,31-32,37-39,51,53,55H,8-17,22H2,1H3,(H,47,58)(H,48,52)(H,56,57)(H4,44,45,50)(H2,46,49,70)(H2,59,60,61)/t31-,32+,37+,38-,39?/m0/s1. The number of nitrogens with one attached hydrogen (secondary N) is 4. The van der Waals surface area contributed by atoms with Gasteiger partial charge in [0.2, 0.25) is 11.4 Å². The van der Waals surface area contributed by atoms with E-state index < -0.39 is 74.0 Å². The lowest BCUT2D eigenvalue weighted by Crippen LogP contribution is -2.60. The first-order valence-corrected chi connectivity index (χ1v) is 23.3. The lowest BCUT2D eigenvalue weighted by molar-refractivity contribution is -0.126. The average molecular weight is 1020 g/mol. The number of aliphatic imine (C=N–C) groups is 1. The molecule has 0 saturated heterocycles. The van der Waals surface area contributed by atoms with Gasteiger partial charge in [-0.05, 0) is 60.3 Å². The highest BCUT2D eigenvalue weighted by Gasteiger charge is 2.48. The Balaban J connectivity index is 0.944. The van der Waals surface area contributed by atoms with Crippen molar-refractivity contribution in [3.63, 3.8) is 0 Å². The van der Waals surface area contributed by atoms with Crippen LogP contribution < -0.4 is 38.2 Å². The van der Waals surface area contributed by atoms with Gasteiger partial charge in [-0.15, -0.1) is 0 Å². The lowest BCUT2D eigenvalue weighted by Gasteiger charge is -2.40. The number of amides is 2. The van der Waals surface area contributed by atoms with Crippen molar-refractivity contribution in [2.24, 2.45) is 16.5 Å². The van der Waals surface area contributed by atoms with Crippen LogP contribution in [-0.2, 0) is 37.8 Å². The highest BCUT2D eigenvalue weighted by molar-refractivity contribution is 7.80. The number of rotatable bonds is 25. The van der Waals surface area contributed by atoms with E-state index in [1.165, 1.54) is 30.3 Å². The van der Waals surface area contributed by atoms with Gasteiger partial charge in [0.05, 0.1) is 77.1 Å². The summed E-state index contributed by atoms with van der Waals surface area (Å²) in [4.78, 5) is 72.8. The van der Waals surface area contributed by atoms with Crippen molar-refractivity contribution in [1.82, 2.24) is 16.0 Å². The average Bonchev–Trinajstić information content (AvgIpc) is 3.29. The molecule has 0 bridgehead atoms. The number of anilines is 1. The summed E-state index contributed by atoms with van der Waals surface area (Å²) in [6, 6.07) is 10.8. The number of aromatic carboxylic acids is 1. The Bertz CT molecular complexity index is 2610. The molecule has 14 N–H and O–H groups in total. The number of aliphatic hydroxyl groups is 2. The molecule has 0 spiro atoms. The van der Waals surface area contributed by atoms with Gasteiger partial charge in [-0.1, -0.05) is 6.07 Å². The van der Waals surface area contributed by atoms with Crippen molar-refractivity contribution in [1.29, 1.82) is 0 Å². The van der Waals surface area contributed by atoms with Gasteiger partial charge in [-0.2, -0.15) is 0 Å². The van der Waals surface area contributed by atoms with Gasteiger partial charge in [0.15, 0.2) is 28.7 Å². The van der Waals surface area contributed by atoms with Crippen LogP contribution in [0.15, 0.2) is 80.4 Å². The van der Waals surface area contributed by atoms with Gasteiger partial charge in [-0.3, -0.25) is 14.2 Å². The van der Waals surface area contributed by atoms with E-state index in [9.17, 15) is 54.0 Å². The number of phenols is 1. The summed E-state index contributed by atoms with van der Waals surface area (Å²) in [7, 11) is -5.10. The number of carboxylic acid groups (broad SMARTS) is 1. The quantitative estimate of drug-likeness (QED) is 0.0106. The molecule has 5 atom stereocenters. The zero-order valence-electron chi connectivity index (χ0n) is 37.5. The number of hydrogen-bond donors (Lipinski definition) is 12. The number of thiocarbonyl (C=S) groups is 1. The lowest BCUT2D eigenvalue weighted by atomic mass is 9.90. The fraction of sp³-hybridized carbons (Fsp3) is 0.395. The molecule has 0 aromatic heterocycles. The second-order valence-electron chi connectivity index (χ2n) is 15.2. The van der Waals surface area contributed by atoms with Crippen LogP contribution in [0.5, 0.6) is 5.75 Å². The fourth-order valence-electron chi connectivity index (χ4n) is 7.02. The Morgan fingerprint density at radius 2 is 1.51 bits per heavy atom. The van der Waals surface area contributed by atoms with Crippen LogP contribution in [0.2, 0.25) is 0 Å². The molecule has 2 aromatic rings. The molecule has 2 aliphatic heterocycles. The van der Waals surface area contributed by atoms with Crippen LogP contribution in [-0.4, -0.2) is 162 Å².